The Kier molecular flexibility index (Phi) is 4.39. The summed E-state index contributed by atoms with van der Waals surface area (Å²) in [5.74, 6) is 0.857. The summed E-state index contributed by atoms with van der Waals surface area (Å²) in [6.45, 7) is 7.79. The zero-order chi connectivity index (χ0) is 10.6. The second kappa shape index (κ2) is 5.35. The van der Waals surface area contributed by atoms with Crippen molar-refractivity contribution in [3.05, 3.63) is 0 Å². The Morgan fingerprint density at radius 1 is 1.36 bits per heavy atom. The van der Waals surface area contributed by atoms with Gasteiger partial charge in [0.05, 0.1) is 0 Å². The van der Waals surface area contributed by atoms with Gasteiger partial charge in [0, 0.05) is 19.5 Å². The number of rotatable bonds is 4. The molecule has 0 radical (unpaired) electrons. The predicted octanol–water partition coefficient (Wildman–Crippen LogP) is 1.83. The molecule has 1 heterocycles. The van der Waals surface area contributed by atoms with Gasteiger partial charge in [-0.25, -0.2) is 0 Å². The molecule has 3 nitrogen and oxygen atoms in total. The molecule has 1 aliphatic heterocycles. The van der Waals surface area contributed by atoms with Gasteiger partial charge in [-0.2, -0.15) is 0 Å². The number of aliphatic carboxylic acids is 1. The lowest BCUT2D eigenvalue weighted by atomic mass is 9.92. The molecule has 0 aliphatic carbocycles. The number of carboxylic acids is 1. The zero-order valence-corrected chi connectivity index (χ0v) is 9.20. The minimum Gasteiger partial charge on any atom is -0.481 e. The number of carbonyl (C=O) groups is 1. The van der Waals surface area contributed by atoms with E-state index in [9.17, 15) is 4.79 Å². The maximum absolute atomic E-state index is 10.4. The minimum atomic E-state index is -0.678. The molecule has 3 heteroatoms. The van der Waals surface area contributed by atoms with Crippen molar-refractivity contribution in [2.24, 2.45) is 11.8 Å². The highest BCUT2D eigenvalue weighted by Crippen LogP contribution is 2.20. The number of nitrogens with zero attached hydrogens (tertiary/aromatic N) is 1. The number of likely N-dealkylation sites (tertiary alicyclic amines) is 1. The molecule has 0 saturated carbocycles. The van der Waals surface area contributed by atoms with Crippen LogP contribution in [0.3, 0.4) is 0 Å². The van der Waals surface area contributed by atoms with Crippen molar-refractivity contribution in [1.82, 2.24) is 4.90 Å². The second-order valence-electron chi connectivity index (χ2n) is 4.70. The van der Waals surface area contributed by atoms with Crippen LogP contribution in [0, 0.1) is 11.8 Å². The van der Waals surface area contributed by atoms with E-state index in [-0.39, 0.29) is 0 Å². The fraction of sp³-hybridized carbons (Fsp3) is 0.909. The molecular formula is C11H21NO2. The molecule has 0 amide bonds. The summed E-state index contributed by atoms with van der Waals surface area (Å²) in [6.07, 6.45) is 2.41. The highest BCUT2D eigenvalue weighted by molar-refractivity contribution is 5.66. The van der Waals surface area contributed by atoms with Crippen LogP contribution in [0.25, 0.3) is 0 Å². The van der Waals surface area contributed by atoms with Gasteiger partial charge in [-0.05, 0) is 31.2 Å². The molecule has 0 spiro atoms. The van der Waals surface area contributed by atoms with Gasteiger partial charge in [0.1, 0.15) is 0 Å². The third kappa shape index (κ3) is 4.09. The first-order valence-corrected chi connectivity index (χ1v) is 5.52. The minimum absolute atomic E-state index is 0.305. The molecule has 14 heavy (non-hydrogen) atoms. The van der Waals surface area contributed by atoms with E-state index < -0.39 is 5.97 Å². The van der Waals surface area contributed by atoms with Crippen molar-refractivity contribution in [2.75, 3.05) is 19.6 Å². The van der Waals surface area contributed by atoms with Crippen LogP contribution in [-0.4, -0.2) is 35.6 Å². The first kappa shape index (κ1) is 11.5. The number of hydrogen-bond donors (Lipinski definition) is 1. The van der Waals surface area contributed by atoms with Crippen molar-refractivity contribution in [3.63, 3.8) is 0 Å². The van der Waals surface area contributed by atoms with Crippen LogP contribution in [0.1, 0.15) is 33.1 Å². The molecule has 0 aromatic carbocycles. The van der Waals surface area contributed by atoms with Crippen molar-refractivity contribution in [3.8, 4) is 0 Å². The molecule has 1 aliphatic rings. The van der Waals surface area contributed by atoms with Gasteiger partial charge in [-0.1, -0.05) is 13.8 Å². The smallest absolute Gasteiger partial charge is 0.303 e. The van der Waals surface area contributed by atoms with E-state index in [2.05, 4.69) is 18.7 Å². The Morgan fingerprint density at radius 3 is 2.43 bits per heavy atom. The standard InChI is InChI=1S/C11H21NO2/c1-9-6-10(2)8-12(7-9)5-3-4-11(13)14/h9-10H,3-8H2,1-2H3,(H,13,14)/t9-,10-/m1/s1. The molecule has 1 N–H and O–H groups in total. The molecule has 0 aromatic heterocycles. The second-order valence-corrected chi connectivity index (χ2v) is 4.70. The summed E-state index contributed by atoms with van der Waals surface area (Å²) in [4.78, 5) is 12.8. The quantitative estimate of drug-likeness (QED) is 0.751. The molecular weight excluding hydrogens is 178 g/mol. The van der Waals surface area contributed by atoms with Gasteiger partial charge in [0.25, 0.3) is 0 Å². The van der Waals surface area contributed by atoms with Crippen LogP contribution in [0.2, 0.25) is 0 Å². The van der Waals surface area contributed by atoms with E-state index in [1.54, 1.807) is 0 Å². The molecule has 1 saturated heterocycles. The topological polar surface area (TPSA) is 40.5 Å². The summed E-state index contributed by atoms with van der Waals surface area (Å²) in [7, 11) is 0. The highest BCUT2D eigenvalue weighted by atomic mass is 16.4. The molecule has 0 aromatic rings. The molecule has 2 atom stereocenters. The maximum Gasteiger partial charge on any atom is 0.303 e. The van der Waals surface area contributed by atoms with Gasteiger partial charge in [-0.15, -0.1) is 0 Å². The maximum atomic E-state index is 10.4. The van der Waals surface area contributed by atoms with Gasteiger partial charge >= 0.3 is 5.97 Å². The number of piperidine rings is 1. The Hall–Kier alpha value is -0.570. The average molecular weight is 199 g/mol. The summed E-state index contributed by atoms with van der Waals surface area (Å²) >= 11 is 0. The van der Waals surface area contributed by atoms with E-state index in [0.717, 1.165) is 37.9 Å². The fourth-order valence-electron chi connectivity index (χ4n) is 2.43. The van der Waals surface area contributed by atoms with Gasteiger partial charge < -0.3 is 10.0 Å². The van der Waals surface area contributed by atoms with Crippen LogP contribution in [0.15, 0.2) is 0 Å². The molecule has 1 rings (SSSR count). The zero-order valence-electron chi connectivity index (χ0n) is 9.20. The first-order chi connectivity index (χ1) is 6.58. The van der Waals surface area contributed by atoms with Crippen LogP contribution in [0.4, 0.5) is 0 Å². The normalized spacial score (nSPS) is 29.0. The van der Waals surface area contributed by atoms with E-state index in [0.29, 0.717) is 6.42 Å². The average Bonchev–Trinajstić information content (AvgIpc) is 2.01. The van der Waals surface area contributed by atoms with Crippen LogP contribution in [0.5, 0.6) is 0 Å². The van der Waals surface area contributed by atoms with Crippen LogP contribution >= 0.6 is 0 Å². The monoisotopic (exact) mass is 199 g/mol. The van der Waals surface area contributed by atoms with E-state index in [1.807, 2.05) is 0 Å². The highest BCUT2D eigenvalue weighted by Gasteiger charge is 2.21. The Bertz CT molecular complexity index is 184. The third-order valence-electron chi connectivity index (χ3n) is 2.81. The summed E-state index contributed by atoms with van der Waals surface area (Å²) in [5.41, 5.74) is 0. The lowest BCUT2D eigenvalue weighted by molar-refractivity contribution is -0.137. The third-order valence-corrected chi connectivity index (χ3v) is 2.81. The van der Waals surface area contributed by atoms with Crippen molar-refractivity contribution < 1.29 is 9.90 Å². The summed E-state index contributed by atoms with van der Waals surface area (Å²) < 4.78 is 0. The number of hydrogen-bond acceptors (Lipinski definition) is 2. The van der Waals surface area contributed by atoms with Crippen LogP contribution in [-0.2, 0) is 4.79 Å². The van der Waals surface area contributed by atoms with Crippen LogP contribution < -0.4 is 0 Å². The summed E-state index contributed by atoms with van der Waals surface area (Å²) in [5, 5.41) is 8.53. The van der Waals surface area contributed by atoms with Crippen molar-refractivity contribution in [1.29, 1.82) is 0 Å². The fourth-order valence-corrected chi connectivity index (χ4v) is 2.43. The lowest BCUT2D eigenvalue weighted by Crippen LogP contribution is -2.39. The molecule has 0 bridgehead atoms. The Labute approximate surface area is 86.1 Å². The predicted molar refractivity (Wildman–Crippen MR) is 56.3 cm³/mol. The van der Waals surface area contributed by atoms with Gasteiger partial charge in [-0.3, -0.25) is 4.79 Å². The SMILES string of the molecule is C[C@@H]1C[C@@H](C)CN(CCCC(=O)O)C1. The molecule has 1 fully saturated rings. The Balaban J connectivity index is 2.20. The summed E-state index contributed by atoms with van der Waals surface area (Å²) in [6, 6.07) is 0. The Morgan fingerprint density at radius 2 is 1.93 bits per heavy atom. The van der Waals surface area contributed by atoms with Gasteiger partial charge in [0.15, 0.2) is 0 Å². The molecule has 0 unspecified atom stereocenters. The lowest BCUT2D eigenvalue weighted by Gasteiger charge is -2.34. The van der Waals surface area contributed by atoms with E-state index in [1.165, 1.54) is 6.42 Å². The van der Waals surface area contributed by atoms with Gasteiger partial charge in [0.2, 0.25) is 0 Å². The van der Waals surface area contributed by atoms with E-state index in [4.69, 9.17) is 5.11 Å². The molecule has 82 valence electrons. The largest absolute Gasteiger partial charge is 0.481 e. The van der Waals surface area contributed by atoms with Crippen molar-refractivity contribution >= 4 is 5.97 Å². The number of carboxylic acid groups (broad SMARTS) is 1. The first-order valence-electron chi connectivity index (χ1n) is 5.52. The van der Waals surface area contributed by atoms with E-state index >= 15 is 0 Å². The van der Waals surface area contributed by atoms with Crippen molar-refractivity contribution in [2.45, 2.75) is 33.1 Å².